The summed E-state index contributed by atoms with van der Waals surface area (Å²) in [5.41, 5.74) is 1.23. The van der Waals surface area contributed by atoms with Crippen LogP contribution in [-0.4, -0.2) is 39.3 Å². The van der Waals surface area contributed by atoms with Crippen LogP contribution in [0, 0.1) is 6.92 Å². The lowest BCUT2D eigenvalue weighted by atomic mass is 10.2. The number of ether oxygens (including phenoxy) is 4. The Kier molecular flexibility index (Phi) is 7.31. The van der Waals surface area contributed by atoms with E-state index in [0.717, 1.165) is 5.56 Å². The fraction of sp³-hybridized carbons (Fsp3) is 0.263. The van der Waals surface area contributed by atoms with Crippen molar-refractivity contribution in [1.82, 2.24) is 0 Å². The third-order valence-corrected chi connectivity index (χ3v) is 3.85. The molecule has 2 aromatic carbocycles. The zero-order chi connectivity index (χ0) is 19.8. The summed E-state index contributed by atoms with van der Waals surface area (Å²) >= 11 is 6.05. The lowest BCUT2D eigenvalue weighted by Crippen LogP contribution is -2.24. The predicted octanol–water partition coefficient (Wildman–Crippen LogP) is 3.23. The molecule has 0 aliphatic heterocycles. The fourth-order valence-electron chi connectivity index (χ4n) is 2.19. The Morgan fingerprint density at radius 2 is 1.70 bits per heavy atom. The highest BCUT2D eigenvalue weighted by molar-refractivity contribution is 6.32. The molecule has 8 heteroatoms. The summed E-state index contributed by atoms with van der Waals surface area (Å²) in [6, 6.07) is 10.3. The molecule has 0 bridgehead atoms. The predicted molar refractivity (Wildman–Crippen MR) is 101 cm³/mol. The summed E-state index contributed by atoms with van der Waals surface area (Å²) in [4.78, 5) is 23.8. The monoisotopic (exact) mass is 393 g/mol. The van der Waals surface area contributed by atoms with E-state index in [-0.39, 0.29) is 6.61 Å². The highest BCUT2D eigenvalue weighted by Crippen LogP contribution is 2.35. The second-order valence-electron chi connectivity index (χ2n) is 5.45. The summed E-state index contributed by atoms with van der Waals surface area (Å²) < 4.78 is 20.6. The van der Waals surface area contributed by atoms with E-state index >= 15 is 0 Å². The van der Waals surface area contributed by atoms with Crippen molar-refractivity contribution in [3.8, 4) is 17.2 Å². The van der Waals surface area contributed by atoms with Gasteiger partial charge in [-0.2, -0.15) is 0 Å². The standard InChI is InChI=1S/C19H20ClNO6/c1-12-6-4-5-7-15(12)26-11-19(23)27-10-18(22)21-14-8-13(20)16(24-2)9-17(14)25-3/h4-9H,10-11H2,1-3H3,(H,21,22). The Morgan fingerprint density at radius 1 is 1.00 bits per heavy atom. The van der Waals surface area contributed by atoms with Crippen LogP contribution in [0.4, 0.5) is 5.69 Å². The van der Waals surface area contributed by atoms with Crippen molar-refractivity contribution in [2.24, 2.45) is 0 Å². The highest BCUT2D eigenvalue weighted by atomic mass is 35.5. The van der Waals surface area contributed by atoms with Gasteiger partial charge >= 0.3 is 5.97 Å². The van der Waals surface area contributed by atoms with E-state index in [4.69, 9.17) is 30.5 Å². The molecule has 0 fully saturated rings. The average Bonchev–Trinajstić information content (AvgIpc) is 2.66. The number of hydrogen-bond acceptors (Lipinski definition) is 6. The second-order valence-corrected chi connectivity index (χ2v) is 5.86. The molecule has 27 heavy (non-hydrogen) atoms. The van der Waals surface area contributed by atoms with Crippen molar-refractivity contribution >= 4 is 29.2 Å². The summed E-state index contributed by atoms with van der Waals surface area (Å²) in [6.45, 7) is 1.10. The van der Waals surface area contributed by atoms with Gasteiger partial charge in [-0.1, -0.05) is 29.8 Å². The molecule has 0 spiro atoms. The van der Waals surface area contributed by atoms with Crippen LogP contribution in [0.5, 0.6) is 17.2 Å². The molecule has 0 aliphatic carbocycles. The molecule has 7 nitrogen and oxygen atoms in total. The zero-order valence-electron chi connectivity index (χ0n) is 15.2. The fourth-order valence-corrected chi connectivity index (χ4v) is 2.43. The molecular formula is C19H20ClNO6. The number of amides is 1. The number of hydrogen-bond donors (Lipinski definition) is 1. The van der Waals surface area contributed by atoms with Gasteiger partial charge in [0.05, 0.1) is 24.9 Å². The Balaban J connectivity index is 1.86. The average molecular weight is 394 g/mol. The topological polar surface area (TPSA) is 83.1 Å². The maximum absolute atomic E-state index is 12.0. The first-order valence-electron chi connectivity index (χ1n) is 8.00. The van der Waals surface area contributed by atoms with Crippen LogP contribution in [0.2, 0.25) is 5.02 Å². The Hall–Kier alpha value is -2.93. The first-order valence-corrected chi connectivity index (χ1v) is 8.37. The maximum Gasteiger partial charge on any atom is 0.344 e. The summed E-state index contributed by atoms with van der Waals surface area (Å²) in [7, 11) is 2.92. The van der Waals surface area contributed by atoms with Crippen molar-refractivity contribution < 1.29 is 28.5 Å². The van der Waals surface area contributed by atoms with Gasteiger partial charge in [-0.3, -0.25) is 4.79 Å². The minimum Gasteiger partial charge on any atom is -0.495 e. The molecule has 0 aromatic heterocycles. The number of anilines is 1. The number of esters is 1. The van der Waals surface area contributed by atoms with Crippen molar-refractivity contribution in [3.63, 3.8) is 0 Å². The van der Waals surface area contributed by atoms with E-state index in [1.807, 2.05) is 19.1 Å². The number of benzene rings is 2. The highest BCUT2D eigenvalue weighted by Gasteiger charge is 2.14. The van der Waals surface area contributed by atoms with Crippen molar-refractivity contribution in [2.45, 2.75) is 6.92 Å². The van der Waals surface area contributed by atoms with Gasteiger partial charge in [0, 0.05) is 6.07 Å². The lowest BCUT2D eigenvalue weighted by Gasteiger charge is -2.13. The van der Waals surface area contributed by atoms with Crippen LogP contribution in [0.1, 0.15) is 5.56 Å². The van der Waals surface area contributed by atoms with E-state index < -0.39 is 18.5 Å². The molecule has 0 heterocycles. The van der Waals surface area contributed by atoms with Crippen LogP contribution in [-0.2, 0) is 14.3 Å². The zero-order valence-corrected chi connectivity index (χ0v) is 16.0. The minimum absolute atomic E-state index is 0.296. The van der Waals surface area contributed by atoms with Crippen LogP contribution < -0.4 is 19.5 Å². The molecule has 2 aromatic rings. The number of nitrogens with one attached hydrogen (secondary N) is 1. The second kappa shape index (κ2) is 9.68. The van der Waals surface area contributed by atoms with Gasteiger partial charge in [0.2, 0.25) is 0 Å². The SMILES string of the molecule is COc1cc(OC)c(NC(=O)COC(=O)COc2ccccc2C)cc1Cl. The van der Waals surface area contributed by atoms with Gasteiger partial charge in [0.15, 0.2) is 13.2 Å². The third kappa shape index (κ3) is 5.79. The van der Waals surface area contributed by atoms with Crippen molar-refractivity contribution in [3.05, 3.63) is 47.0 Å². The molecule has 1 N–H and O–H groups in total. The van der Waals surface area contributed by atoms with Gasteiger partial charge in [-0.05, 0) is 24.6 Å². The van der Waals surface area contributed by atoms with Gasteiger partial charge in [0.1, 0.15) is 17.2 Å². The molecule has 0 saturated carbocycles. The first kappa shape index (κ1) is 20.4. The number of para-hydroxylation sites is 1. The quantitative estimate of drug-likeness (QED) is 0.693. The Morgan fingerprint density at radius 3 is 2.37 bits per heavy atom. The van der Waals surface area contributed by atoms with Gasteiger partial charge in [0.25, 0.3) is 5.91 Å². The van der Waals surface area contributed by atoms with Crippen LogP contribution in [0.3, 0.4) is 0 Å². The minimum atomic E-state index is -0.659. The Labute approximate surface area is 162 Å². The molecule has 0 saturated heterocycles. The third-order valence-electron chi connectivity index (χ3n) is 3.55. The molecule has 0 radical (unpaired) electrons. The van der Waals surface area contributed by atoms with Crippen LogP contribution in [0.25, 0.3) is 0 Å². The van der Waals surface area contributed by atoms with Gasteiger partial charge < -0.3 is 24.3 Å². The maximum atomic E-state index is 12.0. The molecule has 0 aliphatic rings. The van der Waals surface area contributed by atoms with E-state index in [2.05, 4.69) is 5.32 Å². The lowest BCUT2D eigenvalue weighted by molar-refractivity contribution is -0.149. The van der Waals surface area contributed by atoms with Gasteiger partial charge in [-0.25, -0.2) is 4.79 Å². The summed E-state index contributed by atoms with van der Waals surface area (Å²) in [5, 5.41) is 2.87. The molecule has 2 rings (SSSR count). The van der Waals surface area contributed by atoms with E-state index in [1.165, 1.54) is 20.3 Å². The number of aryl methyl sites for hydroxylation is 1. The van der Waals surface area contributed by atoms with Crippen molar-refractivity contribution in [1.29, 1.82) is 0 Å². The normalized spacial score (nSPS) is 10.1. The number of carbonyl (C=O) groups excluding carboxylic acids is 2. The number of carbonyl (C=O) groups is 2. The van der Waals surface area contributed by atoms with Crippen LogP contribution >= 0.6 is 11.6 Å². The largest absolute Gasteiger partial charge is 0.495 e. The van der Waals surface area contributed by atoms with Gasteiger partial charge in [-0.15, -0.1) is 0 Å². The van der Waals surface area contributed by atoms with E-state index in [0.29, 0.717) is 28.0 Å². The van der Waals surface area contributed by atoms with Crippen molar-refractivity contribution in [2.75, 3.05) is 32.8 Å². The van der Waals surface area contributed by atoms with E-state index in [1.54, 1.807) is 18.2 Å². The number of methoxy groups -OCH3 is 2. The molecule has 144 valence electrons. The smallest absolute Gasteiger partial charge is 0.344 e. The Bertz CT molecular complexity index is 824. The number of halogens is 1. The molecule has 1 amide bonds. The summed E-state index contributed by atoms with van der Waals surface area (Å²) in [5.74, 6) is 0.147. The molecule has 0 unspecified atom stereocenters. The molecular weight excluding hydrogens is 374 g/mol. The van der Waals surface area contributed by atoms with E-state index in [9.17, 15) is 9.59 Å². The molecule has 0 atom stereocenters. The summed E-state index contributed by atoms with van der Waals surface area (Å²) in [6.07, 6.45) is 0. The first-order chi connectivity index (χ1) is 12.9. The number of rotatable bonds is 8. The van der Waals surface area contributed by atoms with Crippen LogP contribution in [0.15, 0.2) is 36.4 Å².